The average molecular weight is 502 g/mol. The van der Waals surface area contributed by atoms with Gasteiger partial charge in [-0.2, -0.15) is 13.2 Å². The van der Waals surface area contributed by atoms with Crippen LogP contribution in [0.5, 0.6) is 0 Å². The molecule has 1 aliphatic rings. The molecule has 0 N–H and O–H groups in total. The van der Waals surface area contributed by atoms with Gasteiger partial charge in [-0.05, 0) is 72.2 Å². The van der Waals surface area contributed by atoms with Crippen LogP contribution in [0.2, 0.25) is 5.02 Å². The molecule has 0 amide bonds. The third kappa shape index (κ3) is 5.36. The van der Waals surface area contributed by atoms with Crippen LogP contribution in [-0.4, -0.2) is 19.2 Å². The van der Waals surface area contributed by atoms with Crippen molar-refractivity contribution in [2.45, 2.75) is 25.1 Å². The number of benzene rings is 3. The fraction of sp³-hybridized carbons (Fsp3) is 0.222. The fourth-order valence-corrected chi connectivity index (χ4v) is 4.29. The highest BCUT2D eigenvalue weighted by molar-refractivity contribution is 6.30. The molecule has 182 valence electrons. The van der Waals surface area contributed by atoms with E-state index in [-0.39, 0.29) is 19.1 Å². The number of esters is 1. The number of carbonyl (C=O) groups excluding carboxylic acids is 1. The van der Waals surface area contributed by atoms with Gasteiger partial charge >= 0.3 is 12.1 Å². The van der Waals surface area contributed by atoms with Crippen molar-refractivity contribution in [3.63, 3.8) is 0 Å². The number of nitrogens with zero attached hydrogens (tertiary/aromatic N) is 1. The predicted octanol–water partition coefficient (Wildman–Crippen LogP) is 7.37. The normalized spacial score (nSPS) is 18.4. The molecule has 0 unspecified atom stereocenters. The van der Waals surface area contributed by atoms with Crippen LogP contribution in [0.15, 0.2) is 84.9 Å². The Morgan fingerprint density at radius 2 is 1.63 bits per heavy atom. The van der Waals surface area contributed by atoms with Gasteiger partial charge in [0.25, 0.3) is 0 Å². The third-order valence-electron chi connectivity index (χ3n) is 5.84. The zero-order valence-electron chi connectivity index (χ0n) is 18.9. The van der Waals surface area contributed by atoms with Crippen LogP contribution in [0.25, 0.3) is 0 Å². The van der Waals surface area contributed by atoms with Crippen molar-refractivity contribution in [3.05, 3.63) is 112 Å². The molecule has 0 aliphatic carbocycles. The van der Waals surface area contributed by atoms with Crippen LogP contribution in [0.1, 0.15) is 45.9 Å². The lowest BCUT2D eigenvalue weighted by Gasteiger charge is -2.43. The van der Waals surface area contributed by atoms with E-state index < -0.39 is 23.8 Å². The maximum Gasteiger partial charge on any atom is 0.416 e. The van der Waals surface area contributed by atoms with E-state index in [2.05, 4.69) is 6.58 Å². The number of alkyl halides is 3. The molecule has 4 nitrogen and oxygen atoms in total. The second-order valence-corrected chi connectivity index (χ2v) is 8.56. The van der Waals surface area contributed by atoms with Gasteiger partial charge in [-0.15, -0.1) is 0 Å². The molecule has 0 radical (unpaired) electrons. The molecule has 0 spiro atoms. The summed E-state index contributed by atoms with van der Waals surface area (Å²) in [5.41, 5.74) is 2.59. The van der Waals surface area contributed by atoms with Crippen molar-refractivity contribution in [2.75, 3.05) is 18.3 Å². The molecule has 0 aromatic heterocycles. The molecule has 4 rings (SSSR count). The van der Waals surface area contributed by atoms with Crippen LogP contribution in [-0.2, 0) is 15.8 Å². The first-order chi connectivity index (χ1) is 16.7. The lowest BCUT2D eigenvalue weighted by atomic mass is 9.81. The summed E-state index contributed by atoms with van der Waals surface area (Å²) in [4.78, 5) is 18.1. The molecule has 35 heavy (non-hydrogen) atoms. The minimum absolute atomic E-state index is 0.212. The van der Waals surface area contributed by atoms with Gasteiger partial charge in [-0.1, -0.05) is 42.4 Å². The number of rotatable bonds is 5. The molecule has 2 atom stereocenters. The van der Waals surface area contributed by atoms with Crippen molar-refractivity contribution in [2.24, 2.45) is 0 Å². The molecule has 0 bridgehead atoms. The Labute approximate surface area is 206 Å². The maximum atomic E-state index is 13.2. The van der Waals surface area contributed by atoms with E-state index in [1.165, 1.54) is 12.1 Å². The molecule has 3 aromatic carbocycles. The Morgan fingerprint density at radius 3 is 2.20 bits per heavy atom. The predicted molar refractivity (Wildman–Crippen MR) is 128 cm³/mol. The van der Waals surface area contributed by atoms with Crippen LogP contribution in [0.4, 0.5) is 18.9 Å². The van der Waals surface area contributed by atoms with Gasteiger partial charge in [0.2, 0.25) is 0 Å². The highest BCUT2D eigenvalue weighted by Gasteiger charge is 2.38. The second kappa shape index (κ2) is 10.1. The first-order valence-electron chi connectivity index (χ1n) is 11.0. The van der Waals surface area contributed by atoms with E-state index >= 15 is 0 Å². The Balaban J connectivity index is 1.77. The minimum Gasteiger partial charge on any atom is -0.462 e. The molecule has 3 aromatic rings. The summed E-state index contributed by atoms with van der Waals surface area (Å²) in [6.45, 7) is 6.39. The van der Waals surface area contributed by atoms with Crippen LogP contribution >= 0.6 is 11.6 Å². The van der Waals surface area contributed by atoms with Crippen molar-refractivity contribution < 1.29 is 27.5 Å². The summed E-state index contributed by atoms with van der Waals surface area (Å²) in [7, 11) is 0. The van der Waals surface area contributed by atoms with Gasteiger partial charge in [0.1, 0.15) is 0 Å². The van der Waals surface area contributed by atoms with Gasteiger partial charge in [-0.3, -0.25) is 4.84 Å². The van der Waals surface area contributed by atoms with Crippen molar-refractivity contribution in [3.8, 4) is 0 Å². The molecular formula is C27H23ClF3NO3. The number of carbonyl (C=O) groups is 1. The molecule has 1 fully saturated rings. The number of hydrogen-bond donors (Lipinski definition) is 0. The smallest absolute Gasteiger partial charge is 0.416 e. The maximum absolute atomic E-state index is 13.2. The first kappa shape index (κ1) is 24.8. The van der Waals surface area contributed by atoms with Crippen molar-refractivity contribution in [1.29, 1.82) is 0 Å². The molecule has 0 saturated carbocycles. The van der Waals surface area contributed by atoms with Gasteiger partial charge in [0.15, 0.2) is 0 Å². The SMILES string of the molecule is C=C1CON(c2ccc(C(=O)OCC)cc2)[C@H](c2ccc(C(F)(F)F)cc2)[C@H]1c1ccc(Cl)cc1. The topological polar surface area (TPSA) is 38.8 Å². The van der Waals surface area contributed by atoms with Crippen LogP contribution in [0, 0.1) is 0 Å². The molecular weight excluding hydrogens is 479 g/mol. The molecule has 1 saturated heterocycles. The Hall–Kier alpha value is -3.29. The number of hydroxylamine groups is 1. The average Bonchev–Trinajstić information content (AvgIpc) is 2.84. The molecule has 1 heterocycles. The van der Waals surface area contributed by atoms with Gasteiger partial charge in [0, 0.05) is 10.9 Å². The lowest BCUT2D eigenvalue weighted by Crippen LogP contribution is -2.39. The molecule has 8 heteroatoms. The van der Waals surface area contributed by atoms with Gasteiger partial charge in [-0.25, -0.2) is 9.86 Å². The summed E-state index contributed by atoms with van der Waals surface area (Å²) >= 11 is 6.09. The summed E-state index contributed by atoms with van der Waals surface area (Å²) in [5, 5.41) is 2.23. The quantitative estimate of drug-likeness (QED) is 0.270. The minimum atomic E-state index is -4.44. The third-order valence-corrected chi connectivity index (χ3v) is 6.09. The van der Waals surface area contributed by atoms with E-state index in [1.807, 2.05) is 12.1 Å². The van der Waals surface area contributed by atoms with Crippen LogP contribution < -0.4 is 5.06 Å². The van der Waals surface area contributed by atoms with Crippen molar-refractivity contribution >= 4 is 23.3 Å². The largest absolute Gasteiger partial charge is 0.462 e. The van der Waals surface area contributed by atoms with E-state index in [0.717, 1.165) is 23.3 Å². The number of halogens is 4. The van der Waals surface area contributed by atoms with Crippen LogP contribution in [0.3, 0.4) is 0 Å². The van der Waals surface area contributed by atoms with E-state index in [4.69, 9.17) is 21.2 Å². The number of ether oxygens (including phenoxy) is 1. The zero-order valence-corrected chi connectivity index (χ0v) is 19.6. The van der Waals surface area contributed by atoms with Crippen molar-refractivity contribution in [1.82, 2.24) is 0 Å². The monoisotopic (exact) mass is 501 g/mol. The Bertz CT molecular complexity index is 1190. The number of hydrogen-bond acceptors (Lipinski definition) is 4. The Morgan fingerprint density at radius 1 is 1.03 bits per heavy atom. The van der Waals surface area contributed by atoms with E-state index in [1.54, 1.807) is 48.4 Å². The highest BCUT2D eigenvalue weighted by Crippen LogP contribution is 2.46. The summed E-state index contributed by atoms with van der Waals surface area (Å²) in [6, 6.07) is 18.5. The lowest BCUT2D eigenvalue weighted by molar-refractivity contribution is -0.137. The van der Waals surface area contributed by atoms with Gasteiger partial charge in [0.05, 0.1) is 36.1 Å². The summed E-state index contributed by atoms with van der Waals surface area (Å²) < 4.78 is 44.7. The van der Waals surface area contributed by atoms with E-state index in [0.29, 0.717) is 21.8 Å². The van der Waals surface area contributed by atoms with E-state index in [9.17, 15) is 18.0 Å². The zero-order chi connectivity index (χ0) is 25.2. The first-order valence-corrected chi connectivity index (χ1v) is 11.4. The summed E-state index contributed by atoms with van der Waals surface area (Å²) in [5.74, 6) is -0.729. The highest BCUT2D eigenvalue weighted by atomic mass is 35.5. The number of anilines is 1. The Kier molecular flexibility index (Phi) is 7.19. The van der Waals surface area contributed by atoms with Gasteiger partial charge < -0.3 is 4.74 Å². The fourth-order valence-electron chi connectivity index (χ4n) is 4.16. The second-order valence-electron chi connectivity index (χ2n) is 8.12. The standard InChI is InChI=1S/C27H23ClF3NO3/c1-3-34-26(33)20-8-14-23(15-9-20)32-25(19-4-10-21(11-5-19)27(29,30)31)24(17(2)16-35-32)18-6-12-22(28)13-7-18/h4-15,24-25H,2-3,16H2,1H3/t24-,25-/m1/s1. The summed E-state index contributed by atoms with van der Waals surface area (Å²) in [6.07, 6.45) is -4.44. The molecule has 1 aliphatic heterocycles.